The highest BCUT2D eigenvalue weighted by Gasteiger charge is 2.13. The van der Waals surface area contributed by atoms with Crippen LogP contribution in [0, 0.1) is 0 Å². The number of amides is 1. The standard InChI is InChI=1S/C12H8BrCl2N3O/c13-7-1-2-8(11(15)10(7)14)18-12(19)9-5-6(16)3-4-17-9/h1-5H,(H2,16,17)(H,18,19). The Balaban J connectivity index is 2.27. The largest absolute Gasteiger partial charge is 0.399 e. The summed E-state index contributed by atoms with van der Waals surface area (Å²) < 4.78 is 0.652. The number of nitrogen functional groups attached to an aromatic ring is 1. The summed E-state index contributed by atoms with van der Waals surface area (Å²) in [6.07, 6.45) is 1.46. The van der Waals surface area contributed by atoms with E-state index in [0.29, 0.717) is 20.9 Å². The number of carbonyl (C=O) groups excluding carboxylic acids is 1. The maximum absolute atomic E-state index is 12.0. The van der Waals surface area contributed by atoms with Gasteiger partial charge in [-0.15, -0.1) is 0 Å². The molecule has 0 bridgehead atoms. The van der Waals surface area contributed by atoms with Crippen molar-refractivity contribution < 1.29 is 4.79 Å². The molecule has 1 heterocycles. The summed E-state index contributed by atoms with van der Waals surface area (Å²) in [5.41, 5.74) is 6.66. The lowest BCUT2D eigenvalue weighted by molar-refractivity contribution is 0.102. The van der Waals surface area contributed by atoms with Crippen LogP contribution in [0.5, 0.6) is 0 Å². The van der Waals surface area contributed by atoms with Crippen molar-refractivity contribution in [1.82, 2.24) is 4.98 Å². The van der Waals surface area contributed by atoms with Gasteiger partial charge in [0.25, 0.3) is 5.91 Å². The van der Waals surface area contributed by atoms with Crippen LogP contribution in [0.3, 0.4) is 0 Å². The highest BCUT2D eigenvalue weighted by atomic mass is 79.9. The molecule has 0 radical (unpaired) electrons. The average molecular weight is 361 g/mol. The molecule has 7 heteroatoms. The van der Waals surface area contributed by atoms with Gasteiger partial charge >= 0.3 is 0 Å². The number of nitrogens with two attached hydrogens (primary N) is 1. The second-order valence-corrected chi connectivity index (χ2v) is 5.26. The minimum Gasteiger partial charge on any atom is -0.399 e. The van der Waals surface area contributed by atoms with Crippen molar-refractivity contribution in [1.29, 1.82) is 0 Å². The normalized spacial score (nSPS) is 10.3. The van der Waals surface area contributed by atoms with Crippen molar-refractivity contribution in [2.24, 2.45) is 0 Å². The Bertz CT molecular complexity index is 649. The maximum Gasteiger partial charge on any atom is 0.274 e. The van der Waals surface area contributed by atoms with E-state index in [9.17, 15) is 4.79 Å². The zero-order valence-electron chi connectivity index (χ0n) is 9.45. The number of benzene rings is 1. The lowest BCUT2D eigenvalue weighted by Crippen LogP contribution is -2.14. The molecule has 0 aliphatic carbocycles. The third kappa shape index (κ3) is 3.18. The topological polar surface area (TPSA) is 68.0 Å². The van der Waals surface area contributed by atoms with E-state index < -0.39 is 5.91 Å². The Morgan fingerprint density at radius 2 is 2.00 bits per heavy atom. The molecule has 0 spiro atoms. The quantitative estimate of drug-likeness (QED) is 0.795. The summed E-state index contributed by atoms with van der Waals surface area (Å²) in [4.78, 5) is 15.9. The molecule has 0 saturated heterocycles. The van der Waals surface area contributed by atoms with Crippen LogP contribution in [0.25, 0.3) is 0 Å². The maximum atomic E-state index is 12.0. The molecule has 2 rings (SSSR count). The Morgan fingerprint density at radius 3 is 2.68 bits per heavy atom. The zero-order valence-corrected chi connectivity index (χ0v) is 12.6. The van der Waals surface area contributed by atoms with E-state index in [0.717, 1.165) is 0 Å². The number of anilines is 2. The van der Waals surface area contributed by atoms with Gasteiger partial charge in [-0.05, 0) is 40.2 Å². The van der Waals surface area contributed by atoms with Gasteiger partial charge in [-0.1, -0.05) is 23.2 Å². The van der Waals surface area contributed by atoms with E-state index in [2.05, 4.69) is 26.2 Å². The summed E-state index contributed by atoms with van der Waals surface area (Å²) in [6, 6.07) is 6.41. The van der Waals surface area contributed by atoms with Crippen LogP contribution in [0.4, 0.5) is 11.4 Å². The third-order valence-electron chi connectivity index (χ3n) is 2.30. The van der Waals surface area contributed by atoms with Crippen LogP contribution in [0.1, 0.15) is 10.5 Å². The molecule has 0 unspecified atom stereocenters. The third-order valence-corrected chi connectivity index (χ3v) is 4.07. The van der Waals surface area contributed by atoms with Gasteiger partial charge < -0.3 is 11.1 Å². The minimum atomic E-state index is -0.410. The number of aromatic nitrogens is 1. The predicted molar refractivity (Wildman–Crippen MR) is 80.8 cm³/mol. The first-order valence-corrected chi connectivity index (χ1v) is 6.70. The van der Waals surface area contributed by atoms with Crippen molar-refractivity contribution in [2.45, 2.75) is 0 Å². The van der Waals surface area contributed by atoms with Crippen LogP contribution < -0.4 is 11.1 Å². The number of hydrogen-bond acceptors (Lipinski definition) is 3. The number of pyridine rings is 1. The average Bonchev–Trinajstić information content (AvgIpc) is 2.39. The molecule has 0 fully saturated rings. The molecule has 4 nitrogen and oxygen atoms in total. The second kappa shape index (κ2) is 5.77. The summed E-state index contributed by atoms with van der Waals surface area (Å²) in [5.74, 6) is -0.410. The van der Waals surface area contributed by atoms with Crippen LogP contribution in [0.2, 0.25) is 10.0 Å². The second-order valence-electron chi connectivity index (χ2n) is 3.65. The molecule has 0 atom stereocenters. The Morgan fingerprint density at radius 1 is 1.26 bits per heavy atom. The first kappa shape index (κ1) is 14.1. The van der Waals surface area contributed by atoms with E-state index in [4.69, 9.17) is 28.9 Å². The highest BCUT2D eigenvalue weighted by molar-refractivity contribution is 9.10. The number of nitrogens with zero attached hydrogens (tertiary/aromatic N) is 1. The lowest BCUT2D eigenvalue weighted by Gasteiger charge is -2.09. The number of rotatable bonds is 2. The lowest BCUT2D eigenvalue weighted by atomic mass is 10.2. The van der Waals surface area contributed by atoms with E-state index in [1.54, 1.807) is 18.2 Å². The Kier molecular flexibility index (Phi) is 4.29. The van der Waals surface area contributed by atoms with Crippen LogP contribution >= 0.6 is 39.1 Å². The van der Waals surface area contributed by atoms with Crippen LogP contribution in [0.15, 0.2) is 34.9 Å². The molecular weight excluding hydrogens is 353 g/mol. The van der Waals surface area contributed by atoms with Crippen LogP contribution in [-0.4, -0.2) is 10.9 Å². The number of halogens is 3. The number of carbonyl (C=O) groups is 1. The van der Waals surface area contributed by atoms with Crippen molar-refractivity contribution in [3.63, 3.8) is 0 Å². The van der Waals surface area contributed by atoms with E-state index in [1.807, 2.05) is 0 Å². The Labute approximate surface area is 128 Å². The molecular formula is C12H8BrCl2N3O. The summed E-state index contributed by atoms with van der Waals surface area (Å²) in [5, 5.41) is 3.22. The summed E-state index contributed by atoms with van der Waals surface area (Å²) in [7, 11) is 0. The number of nitrogens with one attached hydrogen (secondary N) is 1. The summed E-state index contributed by atoms with van der Waals surface area (Å²) >= 11 is 15.3. The summed E-state index contributed by atoms with van der Waals surface area (Å²) in [6.45, 7) is 0. The Hall–Kier alpha value is -1.30. The van der Waals surface area contributed by atoms with Gasteiger partial charge in [0, 0.05) is 16.4 Å². The van der Waals surface area contributed by atoms with Gasteiger partial charge in [0.15, 0.2) is 0 Å². The van der Waals surface area contributed by atoms with Gasteiger partial charge in [0.05, 0.1) is 15.7 Å². The first-order valence-electron chi connectivity index (χ1n) is 5.15. The van der Waals surface area contributed by atoms with Crippen molar-refractivity contribution in [3.8, 4) is 0 Å². The SMILES string of the molecule is Nc1ccnc(C(=O)Nc2ccc(Br)c(Cl)c2Cl)c1. The zero-order chi connectivity index (χ0) is 14.0. The van der Waals surface area contributed by atoms with Crippen molar-refractivity contribution in [2.75, 3.05) is 11.1 Å². The smallest absolute Gasteiger partial charge is 0.274 e. The molecule has 0 saturated carbocycles. The molecule has 2 aromatic rings. The molecule has 0 aliphatic heterocycles. The molecule has 98 valence electrons. The van der Waals surface area contributed by atoms with Crippen molar-refractivity contribution in [3.05, 3.63) is 50.7 Å². The molecule has 1 aromatic heterocycles. The van der Waals surface area contributed by atoms with E-state index in [1.165, 1.54) is 12.3 Å². The predicted octanol–water partition coefficient (Wildman–Crippen LogP) is 3.99. The molecule has 0 aliphatic rings. The van der Waals surface area contributed by atoms with Gasteiger partial charge in [0.2, 0.25) is 0 Å². The van der Waals surface area contributed by atoms with Gasteiger partial charge in [-0.25, -0.2) is 0 Å². The fourth-order valence-corrected chi connectivity index (χ4v) is 2.20. The van der Waals surface area contributed by atoms with Gasteiger partial charge in [-0.2, -0.15) is 0 Å². The van der Waals surface area contributed by atoms with E-state index >= 15 is 0 Å². The van der Waals surface area contributed by atoms with Gasteiger partial charge in [-0.3, -0.25) is 9.78 Å². The minimum absolute atomic E-state index is 0.204. The number of hydrogen-bond donors (Lipinski definition) is 2. The fraction of sp³-hybridized carbons (Fsp3) is 0. The molecule has 3 N–H and O–H groups in total. The van der Waals surface area contributed by atoms with Gasteiger partial charge in [0.1, 0.15) is 5.69 Å². The first-order chi connectivity index (χ1) is 8.99. The highest BCUT2D eigenvalue weighted by Crippen LogP contribution is 2.35. The monoisotopic (exact) mass is 359 g/mol. The molecule has 19 heavy (non-hydrogen) atoms. The van der Waals surface area contributed by atoms with Crippen LogP contribution in [-0.2, 0) is 0 Å². The molecule has 1 aromatic carbocycles. The van der Waals surface area contributed by atoms with Crippen molar-refractivity contribution >= 4 is 56.4 Å². The van der Waals surface area contributed by atoms with E-state index in [-0.39, 0.29) is 10.7 Å². The fourth-order valence-electron chi connectivity index (χ4n) is 1.38. The molecule has 1 amide bonds.